The number of hydrogen-bond acceptors (Lipinski definition) is 8. The molecule has 4 aromatic heterocycles. The minimum Gasteiger partial charge on any atom is -0.483 e. The predicted molar refractivity (Wildman–Crippen MR) is 127 cm³/mol. The Morgan fingerprint density at radius 3 is 2.62 bits per heavy atom. The van der Waals surface area contributed by atoms with Crippen molar-refractivity contribution in [2.24, 2.45) is 0 Å². The first-order valence-corrected chi connectivity index (χ1v) is 11.7. The fraction of sp³-hybridized carbons (Fsp3) is 0.227. The molecule has 5 rings (SSSR count). The molecule has 10 heteroatoms. The molecule has 1 aromatic carbocycles. The zero-order valence-corrected chi connectivity index (χ0v) is 19.6. The van der Waals surface area contributed by atoms with Gasteiger partial charge < -0.3 is 10.1 Å². The van der Waals surface area contributed by atoms with Crippen LogP contribution in [0.5, 0.6) is 5.75 Å². The highest BCUT2D eigenvalue weighted by molar-refractivity contribution is 7.21. The highest BCUT2D eigenvalue weighted by Crippen LogP contribution is 2.38. The summed E-state index contributed by atoms with van der Waals surface area (Å²) in [6.45, 7) is 7.50. The minimum absolute atomic E-state index is 0.133. The van der Waals surface area contributed by atoms with Gasteiger partial charge in [0.05, 0.1) is 25.6 Å². The summed E-state index contributed by atoms with van der Waals surface area (Å²) in [4.78, 5) is 26.2. The van der Waals surface area contributed by atoms with Gasteiger partial charge in [0, 0.05) is 28.9 Å². The molecule has 0 bridgehead atoms. The molecule has 5 aromatic rings. The number of amides is 1. The van der Waals surface area contributed by atoms with Gasteiger partial charge in [-0.25, -0.2) is 15.0 Å². The molecular formula is C22H20N6O2S2. The number of rotatable bonds is 5. The van der Waals surface area contributed by atoms with Gasteiger partial charge in [-0.1, -0.05) is 0 Å². The quantitative estimate of drug-likeness (QED) is 0.404. The van der Waals surface area contributed by atoms with Crippen LogP contribution in [-0.4, -0.2) is 37.2 Å². The van der Waals surface area contributed by atoms with Crippen molar-refractivity contribution in [1.29, 1.82) is 0 Å². The summed E-state index contributed by atoms with van der Waals surface area (Å²) < 4.78 is 9.59. The number of benzene rings is 1. The molecule has 32 heavy (non-hydrogen) atoms. The van der Waals surface area contributed by atoms with Gasteiger partial charge in [-0.2, -0.15) is 9.78 Å². The third-order valence-electron chi connectivity index (χ3n) is 4.79. The number of nitrogens with one attached hydrogen (secondary N) is 1. The summed E-state index contributed by atoms with van der Waals surface area (Å²) in [6, 6.07) is 7.62. The number of thiophene rings is 1. The lowest BCUT2D eigenvalue weighted by Crippen LogP contribution is -2.22. The Hall–Kier alpha value is -3.37. The number of thiazole rings is 1. The van der Waals surface area contributed by atoms with Gasteiger partial charge in [0.1, 0.15) is 11.6 Å². The van der Waals surface area contributed by atoms with E-state index >= 15 is 0 Å². The lowest BCUT2D eigenvalue weighted by Gasteiger charge is -2.10. The van der Waals surface area contributed by atoms with Gasteiger partial charge in [0.2, 0.25) is 0 Å². The van der Waals surface area contributed by atoms with Gasteiger partial charge in [-0.05, 0) is 45.2 Å². The van der Waals surface area contributed by atoms with E-state index in [0.717, 1.165) is 42.4 Å². The van der Waals surface area contributed by atoms with Crippen LogP contribution in [0.4, 0.5) is 5.82 Å². The van der Waals surface area contributed by atoms with Gasteiger partial charge in [0.15, 0.2) is 6.61 Å². The van der Waals surface area contributed by atoms with E-state index in [2.05, 4.69) is 25.4 Å². The van der Waals surface area contributed by atoms with Crippen LogP contribution in [0, 0.1) is 27.7 Å². The first-order valence-electron chi connectivity index (χ1n) is 9.97. The van der Waals surface area contributed by atoms with Crippen LogP contribution in [0.3, 0.4) is 0 Å². The number of hydrogen-bond donors (Lipinski definition) is 1. The van der Waals surface area contributed by atoms with Crippen molar-refractivity contribution >= 4 is 54.7 Å². The molecule has 0 radical (unpaired) electrons. The van der Waals surface area contributed by atoms with Crippen LogP contribution in [-0.2, 0) is 4.79 Å². The van der Waals surface area contributed by atoms with E-state index in [0.29, 0.717) is 17.5 Å². The van der Waals surface area contributed by atoms with Gasteiger partial charge in [0.25, 0.3) is 11.9 Å². The van der Waals surface area contributed by atoms with Crippen molar-refractivity contribution in [3.05, 3.63) is 51.7 Å². The van der Waals surface area contributed by atoms with Gasteiger partial charge in [-0.3, -0.25) is 4.79 Å². The van der Waals surface area contributed by atoms with E-state index in [4.69, 9.17) is 4.74 Å². The molecule has 4 heterocycles. The molecule has 0 aliphatic carbocycles. The van der Waals surface area contributed by atoms with E-state index in [-0.39, 0.29) is 12.5 Å². The van der Waals surface area contributed by atoms with E-state index < -0.39 is 0 Å². The van der Waals surface area contributed by atoms with Crippen molar-refractivity contribution in [1.82, 2.24) is 24.7 Å². The van der Waals surface area contributed by atoms with Crippen LogP contribution in [0.1, 0.15) is 22.1 Å². The van der Waals surface area contributed by atoms with Crippen molar-refractivity contribution in [3.63, 3.8) is 0 Å². The monoisotopic (exact) mass is 464 g/mol. The summed E-state index contributed by atoms with van der Waals surface area (Å²) in [5.74, 6) is 1.29. The topological polar surface area (TPSA) is 94.8 Å². The summed E-state index contributed by atoms with van der Waals surface area (Å²) >= 11 is 3.24. The molecule has 0 saturated carbocycles. The fourth-order valence-corrected chi connectivity index (χ4v) is 5.40. The molecule has 0 aliphatic rings. The van der Waals surface area contributed by atoms with Crippen LogP contribution in [0.2, 0.25) is 0 Å². The second-order valence-corrected chi connectivity index (χ2v) is 9.64. The van der Waals surface area contributed by atoms with Crippen molar-refractivity contribution in [3.8, 4) is 11.7 Å². The summed E-state index contributed by atoms with van der Waals surface area (Å²) in [7, 11) is 0. The van der Waals surface area contributed by atoms with E-state index in [9.17, 15) is 4.79 Å². The second kappa shape index (κ2) is 7.95. The van der Waals surface area contributed by atoms with Crippen LogP contribution < -0.4 is 10.1 Å². The average Bonchev–Trinajstić information content (AvgIpc) is 3.43. The number of ether oxygens (including phenoxy) is 1. The molecule has 0 saturated heterocycles. The molecule has 0 aliphatic heterocycles. The molecule has 0 atom stereocenters. The molecule has 8 nitrogen and oxygen atoms in total. The SMILES string of the molecule is Cc1cc(C)nc(-n2nc(C)cc2NC(=O)COc2cc3sc(C)nc3c3sccc23)n1. The first-order chi connectivity index (χ1) is 15.4. The second-order valence-electron chi connectivity index (χ2n) is 7.49. The van der Waals surface area contributed by atoms with E-state index in [1.165, 1.54) is 4.68 Å². The van der Waals surface area contributed by atoms with Gasteiger partial charge >= 0.3 is 0 Å². The van der Waals surface area contributed by atoms with Crippen LogP contribution in [0.25, 0.3) is 26.3 Å². The molecule has 1 N–H and O–H groups in total. The Kier molecular flexibility index (Phi) is 5.10. The number of aryl methyl sites for hydroxylation is 4. The van der Waals surface area contributed by atoms with Crippen LogP contribution >= 0.6 is 22.7 Å². The number of fused-ring (bicyclic) bond motifs is 3. The highest BCUT2D eigenvalue weighted by atomic mass is 32.1. The minimum atomic E-state index is -0.292. The number of anilines is 1. The third kappa shape index (κ3) is 3.82. The van der Waals surface area contributed by atoms with Crippen molar-refractivity contribution < 1.29 is 9.53 Å². The Balaban J connectivity index is 1.38. The van der Waals surface area contributed by atoms with E-state index in [1.807, 2.05) is 51.3 Å². The predicted octanol–water partition coefficient (Wildman–Crippen LogP) is 4.74. The average molecular weight is 465 g/mol. The maximum Gasteiger partial charge on any atom is 0.263 e. The normalized spacial score (nSPS) is 11.4. The zero-order chi connectivity index (χ0) is 22.4. The zero-order valence-electron chi connectivity index (χ0n) is 18.0. The number of carbonyl (C=O) groups is 1. The lowest BCUT2D eigenvalue weighted by atomic mass is 10.2. The highest BCUT2D eigenvalue weighted by Gasteiger charge is 2.16. The first kappa shape index (κ1) is 20.5. The fourth-order valence-electron chi connectivity index (χ4n) is 3.57. The summed E-state index contributed by atoms with van der Waals surface area (Å²) in [6.07, 6.45) is 0. The molecule has 0 spiro atoms. The molecule has 0 fully saturated rings. The lowest BCUT2D eigenvalue weighted by molar-refractivity contribution is -0.118. The number of aromatic nitrogens is 5. The standard InChI is InChI=1S/C22H20N6O2S2/c1-11-7-12(2)24-22(23-11)28-18(8-13(3)27-28)26-19(29)10-30-16-9-17-20(25-14(4)32-17)21-15(16)5-6-31-21/h5-9H,10H2,1-4H3,(H,26,29). The Morgan fingerprint density at radius 1 is 1.06 bits per heavy atom. The Morgan fingerprint density at radius 2 is 1.84 bits per heavy atom. The third-order valence-corrected chi connectivity index (χ3v) is 6.62. The summed E-state index contributed by atoms with van der Waals surface area (Å²) in [5.41, 5.74) is 3.39. The van der Waals surface area contributed by atoms with Gasteiger partial charge in [-0.15, -0.1) is 22.7 Å². The van der Waals surface area contributed by atoms with Crippen molar-refractivity contribution in [2.75, 3.05) is 11.9 Å². The van der Waals surface area contributed by atoms with E-state index in [1.54, 1.807) is 28.7 Å². The maximum atomic E-state index is 12.7. The molecule has 162 valence electrons. The summed E-state index contributed by atoms with van der Waals surface area (Å²) in [5, 5.41) is 11.3. The molecule has 0 unspecified atom stereocenters. The number of nitrogens with zero attached hydrogens (tertiary/aromatic N) is 5. The maximum absolute atomic E-state index is 12.7. The molecular weight excluding hydrogens is 444 g/mol. The van der Waals surface area contributed by atoms with Crippen molar-refractivity contribution in [2.45, 2.75) is 27.7 Å². The smallest absolute Gasteiger partial charge is 0.263 e. The number of carbonyl (C=O) groups excluding carboxylic acids is 1. The Bertz CT molecular complexity index is 1460. The van der Waals surface area contributed by atoms with Crippen LogP contribution in [0.15, 0.2) is 29.6 Å². The largest absolute Gasteiger partial charge is 0.483 e. The Labute approximate surface area is 191 Å². The molecule has 1 amide bonds.